The summed E-state index contributed by atoms with van der Waals surface area (Å²) in [5.74, 6) is 0.303. The second kappa shape index (κ2) is 8.66. The molecule has 0 atom stereocenters. The number of aromatic amines is 1. The second-order valence-corrected chi connectivity index (χ2v) is 7.81. The Morgan fingerprint density at radius 3 is 2.57 bits per heavy atom. The van der Waals surface area contributed by atoms with Crippen LogP contribution >= 0.6 is 11.8 Å². The van der Waals surface area contributed by atoms with Crippen LogP contribution in [-0.4, -0.2) is 40.0 Å². The summed E-state index contributed by atoms with van der Waals surface area (Å²) in [5.41, 5.74) is 6.22. The molecule has 0 fully saturated rings. The predicted octanol–water partition coefficient (Wildman–Crippen LogP) is 2.61. The van der Waals surface area contributed by atoms with Crippen LogP contribution in [0.15, 0.2) is 58.3 Å². The van der Waals surface area contributed by atoms with Crippen molar-refractivity contribution in [3.8, 4) is 5.88 Å². The molecule has 0 radical (unpaired) electrons. The summed E-state index contributed by atoms with van der Waals surface area (Å²) in [6, 6.07) is 15.5. The van der Waals surface area contributed by atoms with Crippen LogP contribution in [0.1, 0.15) is 12.5 Å². The summed E-state index contributed by atoms with van der Waals surface area (Å²) in [4.78, 5) is 16.2. The molecule has 0 bridgehead atoms. The number of aromatic nitrogens is 1. The summed E-state index contributed by atoms with van der Waals surface area (Å²) in [5, 5.41) is 22.9. The molecule has 8 heteroatoms. The number of hydrogen-bond donors (Lipinski definition) is 5. The lowest BCUT2D eigenvalue weighted by atomic mass is 10.0. The van der Waals surface area contributed by atoms with E-state index in [0.29, 0.717) is 12.4 Å². The lowest BCUT2D eigenvalue weighted by Crippen LogP contribution is -2.48. The van der Waals surface area contributed by atoms with E-state index in [2.05, 4.69) is 10.3 Å². The average Bonchev–Trinajstić information content (AvgIpc) is 3.02. The van der Waals surface area contributed by atoms with Gasteiger partial charge in [0, 0.05) is 22.3 Å². The topological polar surface area (TPSA) is 121 Å². The van der Waals surface area contributed by atoms with Crippen LogP contribution in [0.2, 0.25) is 0 Å². The highest BCUT2D eigenvalue weighted by Gasteiger charge is 2.22. The van der Waals surface area contributed by atoms with E-state index in [4.69, 9.17) is 10.5 Å². The van der Waals surface area contributed by atoms with Gasteiger partial charge >= 0.3 is 6.09 Å². The maximum Gasteiger partial charge on any atom is 0.411 e. The fourth-order valence-electron chi connectivity index (χ4n) is 2.66. The number of fused-ring (bicyclic) bond motifs is 1. The Bertz CT molecular complexity index is 955. The SMILES string of the molecule is CC(CO)(CO)NCc1ccc2[nH]c(OC(N)=O)c(Sc3ccccc3)c2c1. The van der Waals surface area contributed by atoms with Crippen molar-refractivity contribution < 1.29 is 19.7 Å². The van der Waals surface area contributed by atoms with Crippen molar-refractivity contribution in [2.45, 2.75) is 28.8 Å². The van der Waals surface area contributed by atoms with Crippen LogP contribution in [0.5, 0.6) is 5.88 Å². The zero-order chi connectivity index (χ0) is 20.1. The minimum atomic E-state index is -0.884. The smallest absolute Gasteiger partial charge is 0.394 e. The zero-order valence-electron chi connectivity index (χ0n) is 15.4. The van der Waals surface area contributed by atoms with E-state index in [1.165, 1.54) is 11.8 Å². The van der Waals surface area contributed by atoms with Gasteiger partial charge in [-0.25, -0.2) is 4.79 Å². The van der Waals surface area contributed by atoms with Gasteiger partial charge in [0.1, 0.15) is 0 Å². The van der Waals surface area contributed by atoms with E-state index >= 15 is 0 Å². The number of carbonyl (C=O) groups is 1. The molecule has 148 valence electrons. The van der Waals surface area contributed by atoms with Crippen molar-refractivity contribution in [3.05, 3.63) is 54.1 Å². The Kier molecular flexibility index (Phi) is 6.25. The number of ether oxygens (including phenoxy) is 1. The molecule has 1 heterocycles. The Morgan fingerprint density at radius 2 is 1.93 bits per heavy atom. The first-order valence-electron chi connectivity index (χ1n) is 8.75. The van der Waals surface area contributed by atoms with Gasteiger partial charge in [0.2, 0.25) is 5.88 Å². The highest BCUT2D eigenvalue weighted by atomic mass is 32.2. The van der Waals surface area contributed by atoms with Crippen molar-refractivity contribution in [1.82, 2.24) is 10.3 Å². The van der Waals surface area contributed by atoms with Crippen LogP contribution in [-0.2, 0) is 6.54 Å². The third kappa shape index (κ3) is 4.66. The molecule has 2 aromatic carbocycles. The molecule has 3 aromatic rings. The fourth-order valence-corrected chi connectivity index (χ4v) is 3.65. The third-order valence-corrected chi connectivity index (χ3v) is 5.48. The molecule has 7 nitrogen and oxygen atoms in total. The van der Waals surface area contributed by atoms with Gasteiger partial charge in [-0.1, -0.05) is 36.0 Å². The van der Waals surface area contributed by atoms with Crippen molar-refractivity contribution in [1.29, 1.82) is 0 Å². The highest BCUT2D eigenvalue weighted by molar-refractivity contribution is 7.99. The van der Waals surface area contributed by atoms with Crippen molar-refractivity contribution in [3.63, 3.8) is 0 Å². The van der Waals surface area contributed by atoms with Gasteiger partial charge in [-0.05, 0) is 36.8 Å². The number of nitrogens with two attached hydrogens (primary N) is 1. The van der Waals surface area contributed by atoms with Gasteiger partial charge in [0.05, 0.1) is 23.6 Å². The normalized spacial score (nSPS) is 11.7. The number of hydrogen-bond acceptors (Lipinski definition) is 6. The highest BCUT2D eigenvalue weighted by Crippen LogP contribution is 2.41. The lowest BCUT2D eigenvalue weighted by Gasteiger charge is -2.26. The summed E-state index contributed by atoms with van der Waals surface area (Å²) in [7, 11) is 0. The number of primary amides is 1. The molecule has 1 amide bonds. The molecular formula is C20H23N3O4S. The number of aliphatic hydroxyl groups is 2. The van der Waals surface area contributed by atoms with E-state index in [9.17, 15) is 15.0 Å². The second-order valence-electron chi connectivity index (χ2n) is 6.73. The van der Waals surface area contributed by atoms with Gasteiger partial charge in [-0.3, -0.25) is 0 Å². The number of rotatable bonds is 8. The van der Waals surface area contributed by atoms with E-state index < -0.39 is 11.6 Å². The number of aliphatic hydroxyl groups excluding tert-OH is 2. The van der Waals surface area contributed by atoms with Gasteiger partial charge in [0.15, 0.2) is 0 Å². The Labute approximate surface area is 166 Å². The summed E-state index contributed by atoms with van der Waals surface area (Å²) in [6.45, 7) is 1.85. The van der Waals surface area contributed by atoms with Gasteiger partial charge in [-0.2, -0.15) is 0 Å². The minimum Gasteiger partial charge on any atom is -0.394 e. The average molecular weight is 401 g/mol. The quantitative estimate of drug-likeness (QED) is 0.396. The molecular weight excluding hydrogens is 378 g/mol. The van der Waals surface area contributed by atoms with E-state index in [1.807, 2.05) is 48.5 Å². The van der Waals surface area contributed by atoms with Crippen LogP contribution < -0.4 is 15.8 Å². The van der Waals surface area contributed by atoms with Crippen LogP contribution in [0.4, 0.5) is 4.79 Å². The molecule has 0 aliphatic heterocycles. The largest absolute Gasteiger partial charge is 0.411 e. The standard InChI is InChI=1S/C20H23N3O4S/c1-20(11-24,12-25)22-10-13-7-8-16-15(9-13)17(18(23-16)27-19(21)26)28-14-5-3-2-4-6-14/h2-9,22-25H,10-12H2,1H3,(H2,21,26). The van der Waals surface area contributed by atoms with Gasteiger partial charge in [0.25, 0.3) is 0 Å². The number of benzene rings is 2. The first kappa shape index (κ1) is 20.2. The molecule has 0 aliphatic rings. The summed E-state index contributed by atoms with van der Waals surface area (Å²) >= 11 is 1.47. The van der Waals surface area contributed by atoms with Crippen LogP contribution in [0.3, 0.4) is 0 Å². The molecule has 0 saturated carbocycles. The number of nitrogens with one attached hydrogen (secondary N) is 2. The fraction of sp³-hybridized carbons (Fsp3) is 0.250. The maximum absolute atomic E-state index is 11.3. The summed E-state index contributed by atoms with van der Waals surface area (Å²) < 4.78 is 5.17. The van der Waals surface area contributed by atoms with Crippen molar-refractivity contribution in [2.24, 2.45) is 5.73 Å². The molecule has 0 spiro atoms. The van der Waals surface area contributed by atoms with E-state index in [1.54, 1.807) is 6.92 Å². The Hall–Kier alpha value is -2.52. The predicted molar refractivity (Wildman–Crippen MR) is 108 cm³/mol. The van der Waals surface area contributed by atoms with Crippen LogP contribution in [0, 0.1) is 0 Å². The number of carbonyl (C=O) groups excluding carboxylic acids is 1. The molecule has 0 aliphatic carbocycles. The van der Waals surface area contributed by atoms with Gasteiger partial charge in [-0.15, -0.1) is 0 Å². The monoisotopic (exact) mass is 401 g/mol. The first-order chi connectivity index (χ1) is 13.4. The van der Waals surface area contributed by atoms with E-state index in [0.717, 1.165) is 26.3 Å². The first-order valence-corrected chi connectivity index (χ1v) is 9.57. The zero-order valence-corrected chi connectivity index (χ0v) is 16.3. The van der Waals surface area contributed by atoms with E-state index in [-0.39, 0.29) is 13.2 Å². The third-order valence-electron chi connectivity index (χ3n) is 4.37. The minimum absolute atomic E-state index is 0.179. The molecule has 0 unspecified atom stereocenters. The lowest BCUT2D eigenvalue weighted by molar-refractivity contribution is 0.103. The molecule has 6 N–H and O–H groups in total. The molecule has 3 rings (SSSR count). The maximum atomic E-state index is 11.3. The molecule has 0 saturated heterocycles. The number of H-pyrrole nitrogens is 1. The number of amides is 1. The Balaban J connectivity index is 1.96. The molecule has 1 aromatic heterocycles. The van der Waals surface area contributed by atoms with Crippen LogP contribution in [0.25, 0.3) is 10.9 Å². The van der Waals surface area contributed by atoms with Crippen molar-refractivity contribution >= 4 is 28.8 Å². The summed E-state index contributed by atoms with van der Waals surface area (Å²) in [6.07, 6.45) is -0.884. The molecule has 28 heavy (non-hydrogen) atoms. The van der Waals surface area contributed by atoms with Gasteiger partial charge < -0.3 is 31.0 Å². The Morgan fingerprint density at radius 1 is 1.21 bits per heavy atom. The van der Waals surface area contributed by atoms with Crippen molar-refractivity contribution in [2.75, 3.05) is 13.2 Å².